The summed E-state index contributed by atoms with van der Waals surface area (Å²) in [7, 11) is 1.43. The first-order valence-corrected chi connectivity index (χ1v) is 8.41. The lowest BCUT2D eigenvalue weighted by Crippen LogP contribution is -2.22. The summed E-state index contributed by atoms with van der Waals surface area (Å²) in [6.07, 6.45) is -2.91. The summed E-state index contributed by atoms with van der Waals surface area (Å²) in [5, 5.41) is 8.23. The molecule has 0 radical (unpaired) electrons. The summed E-state index contributed by atoms with van der Waals surface area (Å²) >= 11 is 0. The highest BCUT2D eigenvalue weighted by Gasteiger charge is 2.50. The van der Waals surface area contributed by atoms with Gasteiger partial charge in [-0.25, -0.2) is 14.3 Å². The monoisotopic (exact) mass is 375 g/mol. The summed E-state index contributed by atoms with van der Waals surface area (Å²) in [6, 6.07) is 12.1. The zero-order valence-corrected chi connectivity index (χ0v) is 14.4. The van der Waals surface area contributed by atoms with Gasteiger partial charge in [0.2, 0.25) is 0 Å². The van der Waals surface area contributed by atoms with Gasteiger partial charge in [0.15, 0.2) is 11.6 Å². The van der Waals surface area contributed by atoms with Crippen molar-refractivity contribution >= 4 is 0 Å². The largest absolute Gasteiger partial charge is 0.408 e. The molecule has 27 heavy (non-hydrogen) atoms. The molecular weight excluding hydrogens is 359 g/mol. The first-order chi connectivity index (χ1) is 12.8. The van der Waals surface area contributed by atoms with Crippen molar-refractivity contribution in [3.8, 4) is 11.5 Å². The van der Waals surface area contributed by atoms with Gasteiger partial charge in [0, 0.05) is 13.1 Å². The Morgan fingerprint density at radius 1 is 1.07 bits per heavy atom. The Bertz CT molecular complexity index is 1040. The highest BCUT2D eigenvalue weighted by Crippen LogP contribution is 2.52. The molecule has 0 atom stereocenters. The summed E-state index contributed by atoms with van der Waals surface area (Å²) in [5.74, 6) is 0.351. The van der Waals surface area contributed by atoms with E-state index < -0.39 is 18.1 Å². The quantitative estimate of drug-likeness (QED) is 0.703. The van der Waals surface area contributed by atoms with Gasteiger partial charge in [0.1, 0.15) is 12.2 Å². The minimum Gasteiger partial charge on any atom is -0.268 e. The van der Waals surface area contributed by atoms with Crippen molar-refractivity contribution < 1.29 is 13.2 Å². The lowest BCUT2D eigenvalue weighted by atomic mass is 9.95. The second-order valence-electron chi connectivity index (χ2n) is 6.66. The number of rotatable bonds is 4. The fourth-order valence-electron chi connectivity index (χ4n) is 3.16. The molecule has 0 aliphatic heterocycles. The third-order valence-electron chi connectivity index (χ3n) is 4.69. The molecule has 0 saturated heterocycles. The van der Waals surface area contributed by atoms with Crippen LogP contribution in [0.3, 0.4) is 0 Å². The van der Waals surface area contributed by atoms with Crippen LogP contribution in [0.2, 0.25) is 0 Å². The van der Waals surface area contributed by atoms with Crippen LogP contribution >= 0.6 is 0 Å². The number of alkyl halides is 3. The minimum absolute atomic E-state index is 0.000121. The van der Waals surface area contributed by atoms with Gasteiger partial charge < -0.3 is 0 Å². The van der Waals surface area contributed by atoms with Gasteiger partial charge in [0.05, 0.1) is 5.41 Å². The summed E-state index contributed by atoms with van der Waals surface area (Å²) in [5.41, 5.74) is 0.329. The van der Waals surface area contributed by atoms with E-state index in [1.54, 1.807) is 0 Å². The predicted octanol–water partition coefficient (Wildman–Crippen LogP) is 2.68. The summed E-state index contributed by atoms with van der Waals surface area (Å²) in [6.45, 7) is -1.27. The fraction of sp³-hybridized carbons (Fsp3) is 0.333. The van der Waals surface area contributed by atoms with Gasteiger partial charge in [-0.1, -0.05) is 30.3 Å². The average molecular weight is 375 g/mol. The van der Waals surface area contributed by atoms with Crippen molar-refractivity contribution in [3.05, 3.63) is 64.2 Å². The first-order valence-electron chi connectivity index (χ1n) is 8.41. The van der Waals surface area contributed by atoms with Crippen LogP contribution in [0.15, 0.2) is 47.3 Å². The average Bonchev–Trinajstić information content (AvgIpc) is 3.33. The van der Waals surface area contributed by atoms with E-state index in [1.165, 1.54) is 19.2 Å². The van der Waals surface area contributed by atoms with Gasteiger partial charge in [-0.15, -0.1) is 0 Å². The molecule has 6 nitrogen and oxygen atoms in total. The molecule has 1 saturated carbocycles. The van der Waals surface area contributed by atoms with Crippen LogP contribution in [-0.4, -0.2) is 30.7 Å². The third kappa shape index (κ3) is 3.24. The maximum absolute atomic E-state index is 13.1. The highest BCUT2D eigenvalue weighted by atomic mass is 19.4. The van der Waals surface area contributed by atoms with E-state index in [0.717, 1.165) is 27.8 Å². The Labute approximate surface area is 152 Å². The Hall–Kier alpha value is -2.97. The Balaban J connectivity index is 1.83. The predicted molar refractivity (Wildman–Crippen MR) is 91.0 cm³/mol. The van der Waals surface area contributed by atoms with Crippen LogP contribution < -0.4 is 5.56 Å². The molecule has 1 aromatic carbocycles. The van der Waals surface area contributed by atoms with Crippen molar-refractivity contribution in [2.75, 3.05) is 0 Å². The lowest BCUT2D eigenvalue weighted by molar-refractivity contribution is -0.142. The number of nitrogens with zero attached hydrogens (tertiary/aromatic N) is 5. The van der Waals surface area contributed by atoms with Gasteiger partial charge in [-0.05, 0) is 24.5 Å². The molecule has 0 spiro atoms. The minimum atomic E-state index is -4.45. The zero-order valence-electron chi connectivity index (χ0n) is 14.4. The molecule has 0 bridgehead atoms. The van der Waals surface area contributed by atoms with Crippen molar-refractivity contribution in [1.82, 2.24) is 24.5 Å². The Kier molecular flexibility index (Phi) is 3.90. The standard InChI is InChI=1S/C18H16F3N5O/c1-25-14(27)8-7-13(23-25)15-22-16(24-26(15)11-18(19,20)21)17(9-10-17)12-5-3-2-4-6-12/h2-8H,9-11H2,1H3. The van der Waals surface area contributed by atoms with Crippen LogP contribution in [-0.2, 0) is 19.0 Å². The van der Waals surface area contributed by atoms with Gasteiger partial charge in [-0.2, -0.15) is 23.4 Å². The number of aromatic nitrogens is 5. The van der Waals surface area contributed by atoms with E-state index >= 15 is 0 Å². The molecule has 1 aliphatic carbocycles. The molecule has 0 amide bonds. The smallest absolute Gasteiger partial charge is 0.268 e. The van der Waals surface area contributed by atoms with E-state index in [2.05, 4.69) is 15.2 Å². The zero-order chi connectivity index (χ0) is 19.2. The second kappa shape index (κ2) is 6.04. The maximum Gasteiger partial charge on any atom is 0.408 e. The molecule has 1 fully saturated rings. The van der Waals surface area contributed by atoms with E-state index in [-0.39, 0.29) is 17.1 Å². The van der Waals surface area contributed by atoms with E-state index in [4.69, 9.17) is 0 Å². The van der Waals surface area contributed by atoms with Crippen molar-refractivity contribution in [3.63, 3.8) is 0 Å². The normalized spacial score (nSPS) is 15.7. The number of aryl methyl sites for hydroxylation is 1. The number of hydrogen-bond acceptors (Lipinski definition) is 4. The molecule has 2 aromatic heterocycles. The fourth-order valence-corrected chi connectivity index (χ4v) is 3.16. The molecule has 4 rings (SSSR count). The van der Waals surface area contributed by atoms with Crippen molar-refractivity contribution in [2.24, 2.45) is 7.05 Å². The van der Waals surface area contributed by atoms with Gasteiger partial charge in [0.25, 0.3) is 5.56 Å². The maximum atomic E-state index is 13.1. The first kappa shape index (κ1) is 17.4. The van der Waals surface area contributed by atoms with E-state index in [1.807, 2.05) is 30.3 Å². The van der Waals surface area contributed by atoms with E-state index in [9.17, 15) is 18.0 Å². The molecule has 140 valence electrons. The SMILES string of the molecule is Cn1nc(-c2nc(C3(c4ccccc4)CC3)nn2CC(F)(F)F)ccc1=O. The van der Waals surface area contributed by atoms with Crippen LogP contribution in [0.4, 0.5) is 13.2 Å². The van der Waals surface area contributed by atoms with Gasteiger partial charge in [-0.3, -0.25) is 4.79 Å². The molecule has 1 aliphatic rings. The Morgan fingerprint density at radius 3 is 2.37 bits per heavy atom. The summed E-state index contributed by atoms with van der Waals surface area (Å²) in [4.78, 5) is 16.0. The molecule has 3 aromatic rings. The second-order valence-corrected chi connectivity index (χ2v) is 6.66. The lowest BCUT2D eigenvalue weighted by Gasteiger charge is -2.11. The Morgan fingerprint density at radius 2 is 1.78 bits per heavy atom. The molecular formula is C18H16F3N5O. The highest BCUT2D eigenvalue weighted by molar-refractivity contribution is 5.50. The topological polar surface area (TPSA) is 65.6 Å². The number of hydrogen-bond donors (Lipinski definition) is 0. The van der Waals surface area contributed by atoms with Crippen molar-refractivity contribution in [1.29, 1.82) is 0 Å². The van der Waals surface area contributed by atoms with Crippen LogP contribution in [0.5, 0.6) is 0 Å². The molecule has 9 heteroatoms. The van der Waals surface area contributed by atoms with E-state index in [0.29, 0.717) is 5.82 Å². The van der Waals surface area contributed by atoms with Crippen molar-refractivity contribution in [2.45, 2.75) is 31.0 Å². The molecule has 2 heterocycles. The summed E-state index contributed by atoms with van der Waals surface area (Å²) < 4.78 is 41.1. The van der Waals surface area contributed by atoms with Crippen LogP contribution in [0.25, 0.3) is 11.5 Å². The number of benzene rings is 1. The molecule has 0 unspecified atom stereocenters. The van der Waals surface area contributed by atoms with Crippen LogP contribution in [0.1, 0.15) is 24.2 Å². The third-order valence-corrected chi connectivity index (χ3v) is 4.69. The number of halogens is 3. The van der Waals surface area contributed by atoms with Gasteiger partial charge >= 0.3 is 6.18 Å². The molecule has 0 N–H and O–H groups in total. The van der Waals surface area contributed by atoms with Crippen LogP contribution in [0, 0.1) is 0 Å².